The molecule has 7 nitrogen and oxygen atoms in total. The molecule has 30 heavy (non-hydrogen) atoms. The Balaban J connectivity index is 1.41. The number of ether oxygens (including phenoxy) is 3. The van der Waals surface area contributed by atoms with E-state index < -0.39 is 0 Å². The summed E-state index contributed by atoms with van der Waals surface area (Å²) in [5, 5.41) is 4.45. The van der Waals surface area contributed by atoms with Crippen LogP contribution in [0.25, 0.3) is 10.9 Å². The summed E-state index contributed by atoms with van der Waals surface area (Å²) in [6, 6.07) is 5.95. The highest BCUT2D eigenvalue weighted by molar-refractivity contribution is 5.84. The molecule has 2 fully saturated rings. The van der Waals surface area contributed by atoms with Gasteiger partial charge in [-0.3, -0.25) is 4.79 Å². The predicted molar refractivity (Wildman–Crippen MR) is 115 cm³/mol. The maximum atomic E-state index is 13.4. The Labute approximate surface area is 176 Å². The molecule has 2 saturated heterocycles. The van der Waals surface area contributed by atoms with Gasteiger partial charge in [-0.15, -0.1) is 0 Å². The second kappa shape index (κ2) is 8.96. The van der Waals surface area contributed by atoms with Gasteiger partial charge in [-0.1, -0.05) is 6.42 Å². The van der Waals surface area contributed by atoms with Gasteiger partial charge in [0.1, 0.15) is 0 Å². The van der Waals surface area contributed by atoms with Crippen molar-refractivity contribution < 1.29 is 14.2 Å². The van der Waals surface area contributed by atoms with E-state index in [0.29, 0.717) is 13.1 Å². The standard InChI is InChI=1S/C23H31N3O4/c27-23-18(14-24-15-19-5-4-10-28-19)11-17-12-21-22(30-16-29-21)13-20(17)26(23)9-8-25-6-2-1-3-7-25/h11-13,19,24H,1-10,14-16H2. The van der Waals surface area contributed by atoms with E-state index in [1.807, 2.05) is 22.8 Å². The molecule has 0 aliphatic carbocycles. The molecule has 0 bridgehead atoms. The molecule has 162 valence electrons. The van der Waals surface area contributed by atoms with E-state index in [1.165, 1.54) is 19.3 Å². The lowest BCUT2D eigenvalue weighted by molar-refractivity contribution is 0.110. The van der Waals surface area contributed by atoms with Crippen LogP contribution in [0.15, 0.2) is 23.0 Å². The molecule has 1 N–H and O–H groups in total. The van der Waals surface area contributed by atoms with E-state index in [4.69, 9.17) is 14.2 Å². The molecule has 0 amide bonds. The molecule has 0 saturated carbocycles. The van der Waals surface area contributed by atoms with Crippen LogP contribution in [0, 0.1) is 0 Å². The van der Waals surface area contributed by atoms with Crippen molar-refractivity contribution >= 4 is 10.9 Å². The first kappa shape index (κ1) is 19.8. The molecular formula is C23H31N3O4. The van der Waals surface area contributed by atoms with Gasteiger partial charge >= 0.3 is 0 Å². The van der Waals surface area contributed by atoms with E-state index in [9.17, 15) is 4.79 Å². The van der Waals surface area contributed by atoms with Crippen molar-refractivity contribution in [3.8, 4) is 11.5 Å². The Morgan fingerprint density at radius 3 is 2.63 bits per heavy atom. The average molecular weight is 414 g/mol. The lowest BCUT2D eigenvalue weighted by Gasteiger charge is -2.27. The van der Waals surface area contributed by atoms with E-state index in [2.05, 4.69) is 10.2 Å². The largest absolute Gasteiger partial charge is 0.454 e. The maximum Gasteiger partial charge on any atom is 0.255 e. The zero-order valence-corrected chi connectivity index (χ0v) is 17.5. The molecule has 5 rings (SSSR count). The third-order valence-electron chi connectivity index (χ3n) is 6.46. The number of nitrogens with zero attached hydrogens (tertiary/aromatic N) is 2. The van der Waals surface area contributed by atoms with Crippen molar-refractivity contribution in [2.45, 2.75) is 51.3 Å². The molecule has 0 radical (unpaired) electrons. The van der Waals surface area contributed by atoms with Crippen LogP contribution < -0.4 is 20.3 Å². The van der Waals surface area contributed by atoms with Crippen LogP contribution in [-0.4, -0.2) is 55.1 Å². The minimum absolute atomic E-state index is 0.0817. The summed E-state index contributed by atoms with van der Waals surface area (Å²) in [5.41, 5.74) is 1.79. The van der Waals surface area contributed by atoms with Crippen molar-refractivity contribution in [2.24, 2.45) is 0 Å². The van der Waals surface area contributed by atoms with E-state index in [0.717, 1.165) is 73.6 Å². The van der Waals surface area contributed by atoms with Gasteiger partial charge in [0.15, 0.2) is 11.5 Å². The smallest absolute Gasteiger partial charge is 0.255 e. The third kappa shape index (κ3) is 4.19. The summed E-state index contributed by atoms with van der Waals surface area (Å²) in [5.74, 6) is 1.47. The second-order valence-electron chi connectivity index (χ2n) is 8.56. The number of likely N-dealkylation sites (tertiary alicyclic amines) is 1. The molecular weight excluding hydrogens is 382 g/mol. The SMILES string of the molecule is O=c1c(CNCC2CCCO2)cc2cc3c(cc2n1CCN1CCCCC1)OCO3. The highest BCUT2D eigenvalue weighted by Gasteiger charge is 2.19. The first-order chi connectivity index (χ1) is 14.8. The Bertz CT molecular complexity index is 946. The molecule has 1 unspecified atom stereocenters. The molecule has 7 heteroatoms. The summed E-state index contributed by atoms with van der Waals surface area (Å²) < 4.78 is 18.8. The molecule has 3 aliphatic rings. The number of pyridine rings is 1. The molecule has 3 aliphatic heterocycles. The van der Waals surface area contributed by atoms with Gasteiger partial charge in [0, 0.05) is 49.8 Å². The number of piperidine rings is 1. The van der Waals surface area contributed by atoms with Crippen LogP contribution >= 0.6 is 0 Å². The third-order valence-corrected chi connectivity index (χ3v) is 6.46. The molecule has 4 heterocycles. The lowest BCUT2D eigenvalue weighted by Crippen LogP contribution is -2.36. The maximum absolute atomic E-state index is 13.4. The van der Waals surface area contributed by atoms with Gasteiger partial charge in [-0.2, -0.15) is 0 Å². The number of hydrogen-bond donors (Lipinski definition) is 1. The Morgan fingerprint density at radius 1 is 1.00 bits per heavy atom. The zero-order chi connectivity index (χ0) is 20.3. The van der Waals surface area contributed by atoms with Gasteiger partial charge in [-0.05, 0) is 50.9 Å². The molecule has 1 aromatic carbocycles. The van der Waals surface area contributed by atoms with Gasteiger partial charge < -0.3 is 29.0 Å². The lowest BCUT2D eigenvalue weighted by atomic mass is 10.1. The highest BCUT2D eigenvalue weighted by Crippen LogP contribution is 2.35. The summed E-state index contributed by atoms with van der Waals surface area (Å²) in [7, 11) is 0. The average Bonchev–Trinajstić information content (AvgIpc) is 3.45. The normalized spacial score (nSPS) is 21.5. The molecule has 0 spiro atoms. The number of nitrogens with one attached hydrogen (secondary N) is 1. The van der Waals surface area contributed by atoms with E-state index in [1.54, 1.807) is 0 Å². The van der Waals surface area contributed by atoms with Gasteiger partial charge in [0.25, 0.3) is 5.56 Å². The monoisotopic (exact) mass is 413 g/mol. The van der Waals surface area contributed by atoms with E-state index in [-0.39, 0.29) is 18.5 Å². The number of aromatic nitrogens is 1. The quantitative estimate of drug-likeness (QED) is 0.752. The van der Waals surface area contributed by atoms with Crippen LogP contribution in [0.1, 0.15) is 37.7 Å². The minimum Gasteiger partial charge on any atom is -0.454 e. The highest BCUT2D eigenvalue weighted by atomic mass is 16.7. The number of fused-ring (bicyclic) bond motifs is 2. The van der Waals surface area contributed by atoms with Gasteiger partial charge in [0.2, 0.25) is 6.79 Å². The summed E-state index contributed by atoms with van der Waals surface area (Å²) in [4.78, 5) is 15.9. The molecule has 2 aromatic rings. The first-order valence-corrected chi connectivity index (χ1v) is 11.3. The van der Waals surface area contributed by atoms with Crippen LogP contribution in [-0.2, 0) is 17.8 Å². The zero-order valence-electron chi connectivity index (χ0n) is 17.5. The molecule has 1 atom stereocenters. The fraction of sp³-hybridized carbons (Fsp3) is 0.609. The van der Waals surface area contributed by atoms with Crippen LogP contribution in [0.4, 0.5) is 0 Å². The number of hydrogen-bond acceptors (Lipinski definition) is 6. The van der Waals surface area contributed by atoms with Crippen molar-refractivity contribution in [1.82, 2.24) is 14.8 Å². The summed E-state index contributed by atoms with van der Waals surface area (Å²) in [6.45, 7) is 6.26. The molecule has 1 aromatic heterocycles. The number of rotatable bonds is 7. The van der Waals surface area contributed by atoms with Gasteiger partial charge in [-0.25, -0.2) is 0 Å². The minimum atomic E-state index is 0.0817. The van der Waals surface area contributed by atoms with Gasteiger partial charge in [0.05, 0.1) is 11.6 Å². The van der Waals surface area contributed by atoms with Crippen molar-refractivity contribution in [2.75, 3.05) is 39.6 Å². The van der Waals surface area contributed by atoms with Crippen LogP contribution in [0.2, 0.25) is 0 Å². The van der Waals surface area contributed by atoms with Crippen molar-refractivity contribution in [3.05, 3.63) is 34.1 Å². The fourth-order valence-electron chi connectivity index (χ4n) is 4.77. The summed E-state index contributed by atoms with van der Waals surface area (Å²) >= 11 is 0. The first-order valence-electron chi connectivity index (χ1n) is 11.3. The number of benzene rings is 1. The second-order valence-corrected chi connectivity index (χ2v) is 8.56. The van der Waals surface area contributed by atoms with Crippen LogP contribution in [0.3, 0.4) is 0 Å². The predicted octanol–water partition coefficient (Wildman–Crippen LogP) is 2.48. The Kier molecular flexibility index (Phi) is 5.93. The topological polar surface area (TPSA) is 65.0 Å². The fourth-order valence-corrected chi connectivity index (χ4v) is 4.77. The Hall–Kier alpha value is -2.09. The Morgan fingerprint density at radius 2 is 1.83 bits per heavy atom. The van der Waals surface area contributed by atoms with Crippen molar-refractivity contribution in [1.29, 1.82) is 0 Å². The van der Waals surface area contributed by atoms with Crippen molar-refractivity contribution in [3.63, 3.8) is 0 Å². The van der Waals surface area contributed by atoms with Crippen LogP contribution in [0.5, 0.6) is 11.5 Å². The summed E-state index contributed by atoms with van der Waals surface area (Å²) in [6.07, 6.45) is 6.30. The van der Waals surface area contributed by atoms with E-state index >= 15 is 0 Å².